The van der Waals surface area contributed by atoms with Crippen molar-refractivity contribution in [1.82, 2.24) is 0 Å². The molecule has 0 radical (unpaired) electrons. The Kier molecular flexibility index (Phi) is 3.58. The van der Waals surface area contributed by atoms with Gasteiger partial charge in [-0.2, -0.15) is 0 Å². The predicted molar refractivity (Wildman–Crippen MR) is 48.8 cm³/mol. The molecule has 0 aromatic heterocycles. The average molecular weight is 186 g/mol. The fraction of sp³-hybridized carbons (Fsp3) is 1.00. The summed E-state index contributed by atoms with van der Waals surface area (Å²) in [6, 6.07) is 0. The molecule has 2 aliphatic rings. The molecule has 3 nitrogen and oxygen atoms in total. The van der Waals surface area contributed by atoms with Crippen LogP contribution in [0.25, 0.3) is 0 Å². The van der Waals surface area contributed by atoms with E-state index in [1.165, 1.54) is 19.3 Å². The third kappa shape index (κ3) is 2.66. The Bertz CT molecular complexity index is 135. The molecule has 0 spiro atoms. The summed E-state index contributed by atoms with van der Waals surface area (Å²) < 4.78 is 16.7. The second kappa shape index (κ2) is 4.94. The van der Waals surface area contributed by atoms with Gasteiger partial charge in [-0.05, 0) is 12.8 Å². The molecule has 76 valence electrons. The van der Waals surface area contributed by atoms with Gasteiger partial charge in [0.05, 0.1) is 25.9 Å². The molecule has 0 aliphatic carbocycles. The minimum atomic E-state index is 0.187. The van der Waals surface area contributed by atoms with Gasteiger partial charge in [0.2, 0.25) is 0 Å². The molecule has 2 rings (SSSR count). The van der Waals surface area contributed by atoms with E-state index in [2.05, 4.69) is 0 Å². The van der Waals surface area contributed by atoms with Gasteiger partial charge in [-0.1, -0.05) is 12.8 Å². The van der Waals surface area contributed by atoms with Crippen LogP contribution in [0.3, 0.4) is 0 Å². The summed E-state index contributed by atoms with van der Waals surface area (Å²) in [5, 5.41) is 0. The van der Waals surface area contributed by atoms with Crippen molar-refractivity contribution in [2.75, 3.05) is 26.4 Å². The fourth-order valence-corrected chi connectivity index (χ4v) is 1.96. The van der Waals surface area contributed by atoms with Crippen molar-refractivity contribution in [3.63, 3.8) is 0 Å². The molecule has 2 unspecified atom stereocenters. The van der Waals surface area contributed by atoms with Crippen LogP contribution >= 0.6 is 0 Å². The molecule has 2 aliphatic heterocycles. The standard InChI is InChI=1S/C10H18O3/c1-2-4-9(12-5-3-1)10-8-11-6-7-13-10/h9-10H,1-8H2. The first-order valence-electron chi connectivity index (χ1n) is 5.28. The number of ether oxygens (including phenoxy) is 3. The van der Waals surface area contributed by atoms with E-state index in [1.54, 1.807) is 0 Å². The SMILES string of the molecule is C1CCOC(C2COCCO2)CC1. The van der Waals surface area contributed by atoms with Crippen molar-refractivity contribution in [2.45, 2.75) is 37.9 Å². The van der Waals surface area contributed by atoms with Gasteiger partial charge in [-0.25, -0.2) is 0 Å². The van der Waals surface area contributed by atoms with Crippen molar-refractivity contribution in [3.05, 3.63) is 0 Å². The van der Waals surface area contributed by atoms with E-state index < -0.39 is 0 Å². The Morgan fingerprint density at radius 1 is 0.769 bits per heavy atom. The smallest absolute Gasteiger partial charge is 0.107 e. The van der Waals surface area contributed by atoms with Gasteiger partial charge in [0.15, 0.2) is 0 Å². The molecule has 2 heterocycles. The van der Waals surface area contributed by atoms with Crippen LogP contribution in [0.2, 0.25) is 0 Å². The van der Waals surface area contributed by atoms with Crippen LogP contribution in [-0.2, 0) is 14.2 Å². The number of rotatable bonds is 1. The topological polar surface area (TPSA) is 27.7 Å². The highest BCUT2D eigenvalue weighted by Crippen LogP contribution is 2.19. The largest absolute Gasteiger partial charge is 0.376 e. The summed E-state index contributed by atoms with van der Waals surface area (Å²) in [5.41, 5.74) is 0. The second-order valence-electron chi connectivity index (χ2n) is 3.74. The summed E-state index contributed by atoms with van der Waals surface area (Å²) in [4.78, 5) is 0. The van der Waals surface area contributed by atoms with Crippen LogP contribution in [-0.4, -0.2) is 38.6 Å². The van der Waals surface area contributed by atoms with Gasteiger partial charge < -0.3 is 14.2 Å². The van der Waals surface area contributed by atoms with Crippen LogP contribution < -0.4 is 0 Å². The quantitative estimate of drug-likeness (QED) is 0.619. The number of hydrogen-bond donors (Lipinski definition) is 0. The van der Waals surface area contributed by atoms with E-state index in [4.69, 9.17) is 14.2 Å². The highest BCUT2D eigenvalue weighted by molar-refractivity contribution is 4.74. The Morgan fingerprint density at radius 2 is 1.69 bits per heavy atom. The van der Waals surface area contributed by atoms with Crippen molar-refractivity contribution in [3.8, 4) is 0 Å². The van der Waals surface area contributed by atoms with Crippen LogP contribution in [0.5, 0.6) is 0 Å². The summed E-state index contributed by atoms with van der Waals surface area (Å²) in [5.74, 6) is 0. The molecule has 0 aromatic carbocycles. The van der Waals surface area contributed by atoms with Crippen molar-refractivity contribution >= 4 is 0 Å². The van der Waals surface area contributed by atoms with Crippen LogP contribution in [0, 0.1) is 0 Å². The zero-order valence-corrected chi connectivity index (χ0v) is 8.04. The second-order valence-corrected chi connectivity index (χ2v) is 3.74. The third-order valence-corrected chi connectivity index (χ3v) is 2.72. The van der Waals surface area contributed by atoms with Gasteiger partial charge in [0.25, 0.3) is 0 Å². The minimum Gasteiger partial charge on any atom is -0.376 e. The molecule has 0 aromatic rings. The van der Waals surface area contributed by atoms with E-state index in [9.17, 15) is 0 Å². The maximum absolute atomic E-state index is 5.74. The zero-order valence-electron chi connectivity index (χ0n) is 8.04. The highest BCUT2D eigenvalue weighted by Gasteiger charge is 2.26. The van der Waals surface area contributed by atoms with Gasteiger partial charge in [0.1, 0.15) is 6.10 Å². The summed E-state index contributed by atoms with van der Waals surface area (Å²) in [6.07, 6.45) is 5.36. The lowest BCUT2D eigenvalue weighted by Crippen LogP contribution is -2.39. The Morgan fingerprint density at radius 3 is 2.54 bits per heavy atom. The molecule has 2 atom stereocenters. The van der Waals surface area contributed by atoms with E-state index in [0.717, 1.165) is 26.2 Å². The first-order valence-corrected chi connectivity index (χ1v) is 5.28. The van der Waals surface area contributed by atoms with Crippen LogP contribution in [0.15, 0.2) is 0 Å². The fourth-order valence-electron chi connectivity index (χ4n) is 1.96. The molecule has 2 fully saturated rings. The lowest BCUT2D eigenvalue weighted by Gasteiger charge is -2.29. The van der Waals surface area contributed by atoms with E-state index in [-0.39, 0.29) is 12.2 Å². The number of hydrogen-bond acceptors (Lipinski definition) is 3. The first kappa shape index (κ1) is 9.44. The molecule has 0 saturated carbocycles. The van der Waals surface area contributed by atoms with E-state index in [0.29, 0.717) is 6.61 Å². The van der Waals surface area contributed by atoms with Gasteiger partial charge in [0, 0.05) is 6.61 Å². The molecule has 0 N–H and O–H groups in total. The maximum atomic E-state index is 5.74. The molecule has 13 heavy (non-hydrogen) atoms. The summed E-state index contributed by atoms with van der Waals surface area (Å²) >= 11 is 0. The van der Waals surface area contributed by atoms with Gasteiger partial charge >= 0.3 is 0 Å². The van der Waals surface area contributed by atoms with E-state index >= 15 is 0 Å². The Hall–Kier alpha value is -0.120. The van der Waals surface area contributed by atoms with Crippen molar-refractivity contribution in [2.24, 2.45) is 0 Å². The normalized spacial score (nSPS) is 36.9. The summed E-state index contributed by atoms with van der Waals surface area (Å²) in [6.45, 7) is 3.07. The third-order valence-electron chi connectivity index (χ3n) is 2.72. The molecule has 0 bridgehead atoms. The Labute approximate surface area is 79.4 Å². The average Bonchev–Trinajstić information content (AvgIpc) is 2.47. The van der Waals surface area contributed by atoms with Gasteiger partial charge in [-0.3, -0.25) is 0 Å². The molecular formula is C10H18O3. The van der Waals surface area contributed by atoms with Crippen molar-refractivity contribution in [1.29, 1.82) is 0 Å². The van der Waals surface area contributed by atoms with E-state index in [1.807, 2.05) is 0 Å². The zero-order chi connectivity index (χ0) is 8.93. The summed E-state index contributed by atoms with van der Waals surface area (Å²) in [7, 11) is 0. The lowest BCUT2D eigenvalue weighted by molar-refractivity contribution is -0.146. The monoisotopic (exact) mass is 186 g/mol. The van der Waals surface area contributed by atoms with Crippen molar-refractivity contribution < 1.29 is 14.2 Å². The Balaban J connectivity index is 1.82. The highest BCUT2D eigenvalue weighted by atomic mass is 16.6. The molecule has 2 saturated heterocycles. The molecule has 3 heteroatoms. The lowest BCUT2D eigenvalue weighted by atomic mass is 10.1. The van der Waals surface area contributed by atoms with Crippen LogP contribution in [0.1, 0.15) is 25.7 Å². The molecule has 0 amide bonds. The first-order chi connectivity index (χ1) is 6.47. The van der Waals surface area contributed by atoms with Crippen LogP contribution in [0.4, 0.5) is 0 Å². The minimum absolute atomic E-state index is 0.187. The van der Waals surface area contributed by atoms with Gasteiger partial charge in [-0.15, -0.1) is 0 Å². The predicted octanol–water partition coefficient (Wildman–Crippen LogP) is 1.36. The maximum Gasteiger partial charge on any atom is 0.107 e. The molecular weight excluding hydrogens is 168 g/mol.